The van der Waals surface area contributed by atoms with Gasteiger partial charge in [0.15, 0.2) is 0 Å². The molecule has 3 atom stereocenters. The fourth-order valence-corrected chi connectivity index (χ4v) is 5.88. The molecule has 154 valence electrons. The third kappa shape index (κ3) is 4.14. The molecule has 1 aromatic heterocycles. The van der Waals surface area contributed by atoms with Gasteiger partial charge in [-0.3, -0.25) is 4.90 Å². The van der Waals surface area contributed by atoms with Crippen molar-refractivity contribution >= 4 is 20.7 Å². The summed E-state index contributed by atoms with van der Waals surface area (Å²) in [6.07, 6.45) is 9.06. The Morgan fingerprint density at radius 2 is 2.07 bits per heavy atom. The van der Waals surface area contributed by atoms with Crippen LogP contribution in [0, 0.1) is 0 Å². The monoisotopic (exact) mass is 404 g/mol. The second-order valence-corrected chi connectivity index (χ2v) is 11.0. The molecule has 1 saturated carbocycles. The van der Waals surface area contributed by atoms with Gasteiger partial charge in [0.2, 0.25) is 0 Å². The molecule has 2 unspecified atom stereocenters. The van der Waals surface area contributed by atoms with Crippen molar-refractivity contribution in [3.63, 3.8) is 0 Å². The van der Waals surface area contributed by atoms with Crippen LogP contribution >= 0.6 is 0 Å². The van der Waals surface area contributed by atoms with Gasteiger partial charge in [-0.1, -0.05) is 13.0 Å². The van der Waals surface area contributed by atoms with Crippen molar-refractivity contribution in [2.75, 3.05) is 18.1 Å². The molecule has 2 aliphatic rings. The summed E-state index contributed by atoms with van der Waals surface area (Å²) >= 11 is 0. The molecule has 1 saturated heterocycles. The summed E-state index contributed by atoms with van der Waals surface area (Å²) in [5.74, 6) is 0.417. The summed E-state index contributed by atoms with van der Waals surface area (Å²) in [5, 5.41) is 11.6. The van der Waals surface area contributed by atoms with E-state index in [0.29, 0.717) is 18.5 Å². The Bertz CT molecular complexity index is 921. The Morgan fingerprint density at radius 3 is 2.82 bits per heavy atom. The number of aliphatic hydroxyl groups excluding tert-OH is 1. The molecule has 2 aromatic rings. The van der Waals surface area contributed by atoms with Crippen LogP contribution in [0.25, 0.3) is 10.9 Å². The van der Waals surface area contributed by atoms with Gasteiger partial charge in [0.25, 0.3) is 0 Å². The third-order valence-corrected chi connectivity index (χ3v) is 8.43. The van der Waals surface area contributed by atoms with Gasteiger partial charge in [0.05, 0.1) is 11.9 Å². The Hall–Kier alpha value is -1.37. The van der Waals surface area contributed by atoms with Crippen LogP contribution in [0.4, 0.5) is 0 Å². The lowest BCUT2D eigenvalue weighted by molar-refractivity contribution is 0.0630. The lowest BCUT2D eigenvalue weighted by Gasteiger charge is -2.32. The van der Waals surface area contributed by atoms with Crippen molar-refractivity contribution in [1.82, 2.24) is 9.88 Å². The number of hydrogen-bond acceptors (Lipinski definition) is 4. The minimum absolute atomic E-state index is 0.171. The quantitative estimate of drug-likeness (QED) is 0.744. The molecule has 0 spiro atoms. The number of likely N-dealkylation sites (tertiary alicyclic amines) is 1. The highest BCUT2D eigenvalue weighted by Gasteiger charge is 2.37. The van der Waals surface area contributed by atoms with E-state index in [1.54, 1.807) is 6.92 Å². The molecule has 1 aliphatic heterocycles. The first-order valence-corrected chi connectivity index (χ1v) is 12.5. The standard InChI is InChI=1S/C22H32N2O3S/c1-2-28(26,27)12-10-16-8-9-20-19(13-16)17(15-23-20)14-18-5-4-11-24(18)21-6-3-7-22(21)25/h8-9,13,15,18,21-23,25H,2-7,10-12,14H2,1H3/t18-,21?,22?/m1/s1. The van der Waals surface area contributed by atoms with Crippen molar-refractivity contribution in [1.29, 1.82) is 0 Å². The minimum Gasteiger partial charge on any atom is -0.391 e. The molecule has 1 aromatic carbocycles. The van der Waals surface area contributed by atoms with E-state index in [2.05, 4.69) is 28.2 Å². The normalized spacial score (nSPS) is 26.4. The molecule has 0 bridgehead atoms. The Labute approximate surface area is 168 Å². The number of aliphatic hydroxyl groups is 1. The van der Waals surface area contributed by atoms with Gasteiger partial charge in [0.1, 0.15) is 9.84 Å². The maximum Gasteiger partial charge on any atom is 0.150 e. The summed E-state index contributed by atoms with van der Waals surface area (Å²) in [6.45, 7) is 2.80. The summed E-state index contributed by atoms with van der Waals surface area (Å²) < 4.78 is 23.7. The van der Waals surface area contributed by atoms with Crippen molar-refractivity contribution in [2.24, 2.45) is 0 Å². The lowest BCUT2D eigenvalue weighted by atomic mass is 10.00. The SMILES string of the molecule is CCS(=O)(=O)CCc1ccc2[nH]cc(C[C@H]3CCCN3C3CCCC3O)c2c1. The number of aromatic amines is 1. The van der Waals surface area contributed by atoms with Crippen molar-refractivity contribution in [3.05, 3.63) is 35.5 Å². The van der Waals surface area contributed by atoms with E-state index in [9.17, 15) is 13.5 Å². The fraction of sp³-hybridized carbons (Fsp3) is 0.636. The van der Waals surface area contributed by atoms with Gasteiger partial charge in [-0.05, 0) is 74.8 Å². The second kappa shape index (κ2) is 8.17. The molecule has 6 heteroatoms. The van der Waals surface area contributed by atoms with E-state index in [0.717, 1.165) is 43.3 Å². The number of nitrogens with one attached hydrogen (secondary N) is 1. The van der Waals surface area contributed by atoms with Gasteiger partial charge >= 0.3 is 0 Å². The number of aryl methyl sites for hydroxylation is 1. The molecule has 0 radical (unpaired) electrons. The van der Waals surface area contributed by atoms with E-state index in [1.165, 1.54) is 23.8 Å². The predicted molar refractivity (Wildman–Crippen MR) is 113 cm³/mol. The zero-order valence-electron chi connectivity index (χ0n) is 16.7. The van der Waals surface area contributed by atoms with Gasteiger partial charge in [0, 0.05) is 34.9 Å². The number of fused-ring (bicyclic) bond motifs is 1. The van der Waals surface area contributed by atoms with Crippen molar-refractivity contribution in [2.45, 2.75) is 70.1 Å². The predicted octanol–water partition coefficient (Wildman–Crippen LogP) is 3.07. The number of hydrogen-bond donors (Lipinski definition) is 2. The first-order valence-electron chi connectivity index (χ1n) is 10.7. The van der Waals surface area contributed by atoms with Gasteiger partial charge in [-0.25, -0.2) is 8.42 Å². The Morgan fingerprint density at radius 1 is 1.21 bits per heavy atom. The Balaban J connectivity index is 1.51. The van der Waals surface area contributed by atoms with Crippen LogP contribution in [-0.4, -0.2) is 59.6 Å². The summed E-state index contributed by atoms with van der Waals surface area (Å²) in [6, 6.07) is 7.08. The fourth-order valence-electron chi connectivity index (χ4n) is 5.04. The van der Waals surface area contributed by atoms with Crippen LogP contribution in [0.3, 0.4) is 0 Å². The average molecular weight is 405 g/mol. The maximum atomic E-state index is 11.8. The zero-order valence-corrected chi connectivity index (χ0v) is 17.5. The largest absolute Gasteiger partial charge is 0.391 e. The zero-order chi connectivity index (χ0) is 19.7. The molecule has 28 heavy (non-hydrogen) atoms. The molecular formula is C22H32N2O3S. The van der Waals surface area contributed by atoms with Crippen LogP contribution in [0.5, 0.6) is 0 Å². The van der Waals surface area contributed by atoms with E-state index in [1.807, 2.05) is 6.07 Å². The lowest BCUT2D eigenvalue weighted by Crippen LogP contribution is -2.44. The van der Waals surface area contributed by atoms with E-state index in [4.69, 9.17) is 0 Å². The van der Waals surface area contributed by atoms with Crippen LogP contribution in [0.1, 0.15) is 50.2 Å². The average Bonchev–Trinajstić information content (AvgIpc) is 3.41. The highest BCUT2D eigenvalue weighted by molar-refractivity contribution is 7.91. The van der Waals surface area contributed by atoms with Crippen LogP contribution < -0.4 is 0 Å². The number of benzene rings is 1. The van der Waals surface area contributed by atoms with Crippen molar-refractivity contribution < 1.29 is 13.5 Å². The molecule has 0 amide bonds. The molecular weight excluding hydrogens is 372 g/mol. The third-order valence-electron chi connectivity index (χ3n) is 6.72. The van der Waals surface area contributed by atoms with Crippen LogP contribution in [-0.2, 0) is 22.7 Å². The molecule has 5 nitrogen and oxygen atoms in total. The topological polar surface area (TPSA) is 73.4 Å². The maximum absolute atomic E-state index is 11.8. The van der Waals surface area contributed by atoms with Gasteiger partial charge in [-0.2, -0.15) is 0 Å². The smallest absolute Gasteiger partial charge is 0.150 e. The summed E-state index contributed by atoms with van der Waals surface area (Å²) in [5.41, 5.74) is 3.50. The highest BCUT2D eigenvalue weighted by atomic mass is 32.2. The van der Waals surface area contributed by atoms with Gasteiger partial charge in [-0.15, -0.1) is 0 Å². The van der Waals surface area contributed by atoms with Gasteiger partial charge < -0.3 is 10.1 Å². The molecule has 1 aliphatic carbocycles. The number of nitrogens with zero attached hydrogens (tertiary/aromatic N) is 1. The number of H-pyrrole nitrogens is 1. The Kier molecular flexibility index (Phi) is 5.81. The molecule has 2 fully saturated rings. The number of rotatable bonds is 7. The van der Waals surface area contributed by atoms with E-state index in [-0.39, 0.29) is 17.6 Å². The molecule has 4 rings (SSSR count). The van der Waals surface area contributed by atoms with Crippen LogP contribution in [0.2, 0.25) is 0 Å². The number of aromatic nitrogens is 1. The highest BCUT2D eigenvalue weighted by Crippen LogP contribution is 2.33. The first-order chi connectivity index (χ1) is 13.5. The van der Waals surface area contributed by atoms with Crippen LogP contribution in [0.15, 0.2) is 24.4 Å². The minimum atomic E-state index is -2.95. The number of sulfone groups is 1. The summed E-state index contributed by atoms with van der Waals surface area (Å²) in [4.78, 5) is 5.93. The summed E-state index contributed by atoms with van der Waals surface area (Å²) in [7, 11) is -2.95. The van der Waals surface area contributed by atoms with Crippen molar-refractivity contribution in [3.8, 4) is 0 Å². The second-order valence-electron chi connectivity index (χ2n) is 8.48. The van der Waals surface area contributed by atoms with E-state index >= 15 is 0 Å². The molecule has 2 heterocycles. The van der Waals surface area contributed by atoms with E-state index < -0.39 is 9.84 Å². The first kappa shape index (κ1) is 19.9. The molecule has 2 N–H and O–H groups in total.